The summed E-state index contributed by atoms with van der Waals surface area (Å²) in [5.41, 5.74) is 1.97. The third kappa shape index (κ3) is 4.86. The quantitative estimate of drug-likeness (QED) is 0.336. The Labute approximate surface area is 179 Å². The van der Waals surface area contributed by atoms with E-state index in [-0.39, 0.29) is 5.91 Å². The van der Waals surface area contributed by atoms with E-state index in [4.69, 9.17) is 16.0 Å². The molecule has 0 saturated carbocycles. The fourth-order valence-electron chi connectivity index (χ4n) is 2.45. The van der Waals surface area contributed by atoms with Crippen molar-refractivity contribution in [3.05, 3.63) is 80.7 Å². The van der Waals surface area contributed by atoms with Crippen LogP contribution in [0.5, 0.6) is 0 Å². The summed E-state index contributed by atoms with van der Waals surface area (Å²) in [6.07, 6.45) is 0. The SMILES string of the molecule is O=C(NCc1cccs1)c1ccc(CSc2nc(-c3ccc(Cl)cc3)cs2)o1. The molecule has 28 heavy (non-hydrogen) atoms. The molecule has 0 bridgehead atoms. The highest BCUT2D eigenvalue weighted by Gasteiger charge is 2.12. The molecule has 1 amide bonds. The van der Waals surface area contributed by atoms with Crippen LogP contribution in [0.2, 0.25) is 5.02 Å². The van der Waals surface area contributed by atoms with Crippen LogP contribution in [-0.4, -0.2) is 10.9 Å². The number of nitrogens with zero attached hydrogens (tertiary/aromatic N) is 1. The Morgan fingerprint density at radius 1 is 1.14 bits per heavy atom. The summed E-state index contributed by atoms with van der Waals surface area (Å²) in [7, 11) is 0. The Morgan fingerprint density at radius 2 is 2.00 bits per heavy atom. The Kier molecular flexibility index (Phi) is 6.17. The zero-order valence-electron chi connectivity index (χ0n) is 14.6. The molecule has 1 aromatic carbocycles. The van der Waals surface area contributed by atoms with Gasteiger partial charge in [-0.05, 0) is 35.7 Å². The second-order valence-corrected chi connectivity index (χ2v) is 9.37. The summed E-state index contributed by atoms with van der Waals surface area (Å²) in [6, 6.07) is 15.1. The predicted octanol–water partition coefficient (Wildman–Crippen LogP) is 6.34. The summed E-state index contributed by atoms with van der Waals surface area (Å²) in [4.78, 5) is 17.9. The van der Waals surface area contributed by atoms with Gasteiger partial charge in [-0.15, -0.1) is 22.7 Å². The molecule has 0 atom stereocenters. The molecule has 8 heteroatoms. The Balaban J connectivity index is 1.32. The van der Waals surface area contributed by atoms with Crippen molar-refractivity contribution in [1.29, 1.82) is 0 Å². The molecule has 4 aromatic rings. The van der Waals surface area contributed by atoms with E-state index in [0.29, 0.717) is 23.1 Å². The van der Waals surface area contributed by atoms with E-state index in [9.17, 15) is 4.79 Å². The second kappa shape index (κ2) is 8.96. The molecule has 4 nitrogen and oxygen atoms in total. The monoisotopic (exact) mass is 446 g/mol. The van der Waals surface area contributed by atoms with E-state index in [2.05, 4.69) is 10.3 Å². The zero-order valence-corrected chi connectivity index (χ0v) is 17.8. The van der Waals surface area contributed by atoms with Crippen molar-refractivity contribution in [2.75, 3.05) is 0 Å². The van der Waals surface area contributed by atoms with Crippen molar-refractivity contribution >= 4 is 51.9 Å². The zero-order chi connectivity index (χ0) is 19.3. The lowest BCUT2D eigenvalue weighted by molar-refractivity contribution is 0.0922. The summed E-state index contributed by atoms with van der Waals surface area (Å²) in [5, 5.41) is 7.59. The first-order chi connectivity index (χ1) is 13.7. The van der Waals surface area contributed by atoms with Crippen LogP contribution in [0.25, 0.3) is 11.3 Å². The highest BCUT2D eigenvalue weighted by atomic mass is 35.5. The van der Waals surface area contributed by atoms with E-state index in [1.165, 1.54) is 0 Å². The molecule has 1 N–H and O–H groups in total. The number of thiazole rings is 1. The molecule has 0 saturated heterocycles. The molecular weight excluding hydrogens is 432 g/mol. The number of benzene rings is 1. The molecule has 0 aliphatic rings. The van der Waals surface area contributed by atoms with Gasteiger partial charge in [0.05, 0.1) is 18.0 Å². The van der Waals surface area contributed by atoms with Gasteiger partial charge in [0.1, 0.15) is 5.76 Å². The van der Waals surface area contributed by atoms with E-state index in [0.717, 1.165) is 26.2 Å². The first-order valence-corrected chi connectivity index (χ1v) is 11.5. The van der Waals surface area contributed by atoms with Crippen LogP contribution in [0.4, 0.5) is 0 Å². The van der Waals surface area contributed by atoms with Gasteiger partial charge < -0.3 is 9.73 Å². The second-order valence-electron chi connectivity index (χ2n) is 5.82. The number of aromatic nitrogens is 1. The first-order valence-electron chi connectivity index (χ1n) is 8.41. The number of hydrogen-bond acceptors (Lipinski definition) is 6. The van der Waals surface area contributed by atoms with Crippen molar-refractivity contribution in [2.45, 2.75) is 16.6 Å². The van der Waals surface area contributed by atoms with Crippen LogP contribution in [0.3, 0.4) is 0 Å². The van der Waals surface area contributed by atoms with Crippen LogP contribution in [0.15, 0.2) is 68.0 Å². The molecule has 0 aliphatic carbocycles. The number of thiophene rings is 1. The minimum absolute atomic E-state index is 0.205. The molecule has 0 radical (unpaired) electrons. The molecule has 3 heterocycles. The van der Waals surface area contributed by atoms with Crippen LogP contribution < -0.4 is 5.32 Å². The molecule has 0 unspecified atom stereocenters. The fourth-order valence-corrected chi connectivity index (χ4v) is 4.95. The van der Waals surface area contributed by atoms with Crippen LogP contribution in [0, 0.1) is 0 Å². The molecule has 3 aromatic heterocycles. The van der Waals surface area contributed by atoms with Gasteiger partial charge in [-0.2, -0.15) is 0 Å². The number of furan rings is 1. The molecule has 0 spiro atoms. The topological polar surface area (TPSA) is 55.1 Å². The van der Waals surface area contributed by atoms with Crippen molar-refractivity contribution < 1.29 is 9.21 Å². The third-order valence-corrected chi connectivity index (χ3v) is 7.02. The number of amides is 1. The number of rotatable bonds is 7. The third-order valence-electron chi connectivity index (χ3n) is 3.85. The van der Waals surface area contributed by atoms with Gasteiger partial charge >= 0.3 is 0 Å². The number of nitrogens with one attached hydrogen (secondary N) is 1. The number of thioether (sulfide) groups is 1. The molecular formula is C20H15ClN2O2S3. The normalized spacial score (nSPS) is 10.9. The van der Waals surface area contributed by atoms with Crippen LogP contribution in [0.1, 0.15) is 21.2 Å². The van der Waals surface area contributed by atoms with Gasteiger partial charge in [-0.25, -0.2) is 4.98 Å². The molecule has 0 fully saturated rings. The maximum Gasteiger partial charge on any atom is 0.287 e. The highest BCUT2D eigenvalue weighted by molar-refractivity contribution is 8.00. The molecule has 0 aliphatic heterocycles. The summed E-state index contributed by atoms with van der Waals surface area (Å²) in [6.45, 7) is 0.508. The average Bonchev–Trinajstić information content (AvgIpc) is 3.47. The number of hydrogen-bond donors (Lipinski definition) is 1. The molecule has 4 rings (SSSR count). The smallest absolute Gasteiger partial charge is 0.287 e. The number of halogens is 1. The van der Waals surface area contributed by atoms with Gasteiger partial charge in [0, 0.05) is 20.8 Å². The van der Waals surface area contributed by atoms with Gasteiger partial charge in [0.25, 0.3) is 5.91 Å². The van der Waals surface area contributed by atoms with Gasteiger partial charge in [0.15, 0.2) is 10.1 Å². The van der Waals surface area contributed by atoms with Crippen molar-refractivity contribution in [2.24, 2.45) is 0 Å². The lowest BCUT2D eigenvalue weighted by Crippen LogP contribution is -2.21. The predicted molar refractivity (Wildman–Crippen MR) is 116 cm³/mol. The minimum atomic E-state index is -0.205. The van der Waals surface area contributed by atoms with Gasteiger partial charge in [-0.1, -0.05) is 41.6 Å². The lowest BCUT2D eigenvalue weighted by Gasteiger charge is -2.00. The minimum Gasteiger partial charge on any atom is -0.455 e. The van der Waals surface area contributed by atoms with Gasteiger partial charge in [0.2, 0.25) is 0 Å². The Morgan fingerprint density at radius 3 is 2.79 bits per heavy atom. The van der Waals surface area contributed by atoms with E-state index < -0.39 is 0 Å². The summed E-state index contributed by atoms with van der Waals surface area (Å²) < 4.78 is 6.62. The van der Waals surface area contributed by atoms with E-state index in [1.54, 1.807) is 40.5 Å². The Bertz CT molecular complexity index is 1060. The highest BCUT2D eigenvalue weighted by Crippen LogP contribution is 2.31. The van der Waals surface area contributed by atoms with Crippen LogP contribution >= 0.6 is 46.0 Å². The van der Waals surface area contributed by atoms with E-state index >= 15 is 0 Å². The van der Waals surface area contributed by atoms with Gasteiger partial charge in [-0.3, -0.25) is 4.79 Å². The largest absolute Gasteiger partial charge is 0.455 e. The average molecular weight is 447 g/mol. The number of carbonyl (C=O) groups is 1. The maximum atomic E-state index is 12.2. The van der Waals surface area contributed by atoms with Crippen LogP contribution in [-0.2, 0) is 12.3 Å². The summed E-state index contributed by atoms with van der Waals surface area (Å²) in [5.74, 6) is 1.48. The number of carbonyl (C=O) groups excluding carboxylic acids is 1. The Hall–Kier alpha value is -2.06. The summed E-state index contributed by atoms with van der Waals surface area (Å²) >= 11 is 10.7. The first kappa shape index (κ1) is 19.3. The van der Waals surface area contributed by atoms with Crippen molar-refractivity contribution in [3.63, 3.8) is 0 Å². The maximum absolute atomic E-state index is 12.2. The van der Waals surface area contributed by atoms with Crippen molar-refractivity contribution in [3.8, 4) is 11.3 Å². The van der Waals surface area contributed by atoms with Crippen molar-refractivity contribution in [1.82, 2.24) is 10.3 Å². The lowest BCUT2D eigenvalue weighted by atomic mass is 10.2. The fraction of sp³-hybridized carbons (Fsp3) is 0.100. The standard InChI is InChI=1S/C20H15ClN2O2S3/c21-14-5-3-13(4-6-14)17-12-28-20(23-17)27-11-15-7-8-18(25-15)19(24)22-10-16-2-1-9-26-16/h1-9,12H,10-11H2,(H,22,24). The van der Waals surface area contributed by atoms with E-state index in [1.807, 2.05) is 53.2 Å². The molecule has 142 valence electrons.